The number of ether oxygens (including phenoxy) is 1. The maximum Gasteiger partial charge on any atom is 0.315 e. The minimum Gasteiger partial charge on any atom is -0.465 e. The van der Waals surface area contributed by atoms with Gasteiger partial charge >= 0.3 is 5.97 Å². The molecule has 100 valence electrons. The first-order chi connectivity index (χ1) is 8.61. The van der Waals surface area contributed by atoms with E-state index in [-0.39, 0.29) is 11.9 Å². The van der Waals surface area contributed by atoms with Crippen molar-refractivity contribution in [2.24, 2.45) is 0 Å². The van der Waals surface area contributed by atoms with Gasteiger partial charge in [-0.1, -0.05) is 13.8 Å². The molecule has 1 aliphatic rings. The van der Waals surface area contributed by atoms with Gasteiger partial charge < -0.3 is 4.74 Å². The average Bonchev–Trinajstić information content (AvgIpc) is 2.85. The first-order valence-corrected chi connectivity index (χ1v) is 8.25. The number of hydrogen-bond acceptors (Lipinski definition) is 5. The summed E-state index contributed by atoms with van der Waals surface area (Å²) in [6, 6.07) is 0. The van der Waals surface area contributed by atoms with Crippen molar-refractivity contribution >= 4 is 29.1 Å². The zero-order chi connectivity index (χ0) is 13.1. The van der Waals surface area contributed by atoms with Crippen molar-refractivity contribution in [2.75, 3.05) is 6.61 Å². The van der Waals surface area contributed by atoms with Crippen LogP contribution in [0.3, 0.4) is 0 Å². The molecule has 0 spiro atoms. The van der Waals surface area contributed by atoms with E-state index < -0.39 is 0 Å². The maximum atomic E-state index is 11.8. The van der Waals surface area contributed by atoms with Crippen LogP contribution in [0.2, 0.25) is 0 Å². The van der Waals surface area contributed by atoms with E-state index in [0.29, 0.717) is 11.9 Å². The third-order valence-electron chi connectivity index (χ3n) is 2.87. The summed E-state index contributed by atoms with van der Waals surface area (Å²) < 4.78 is 5.11. The molecule has 3 nitrogen and oxygen atoms in total. The molecule has 0 saturated heterocycles. The Morgan fingerprint density at radius 1 is 1.61 bits per heavy atom. The molecule has 0 N–H and O–H groups in total. The largest absolute Gasteiger partial charge is 0.465 e. The summed E-state index contributed by atoms with van der Waals surface area (Å²) in [5.74, 6) is 0.726. The minimum absolute atomic E-state index is 0.107. The zero-order valence-corrected chi connectivity index (χ0v) is 12.7. The van der Waals surface area contributed by atoms with Crippen molar-refractivity contribution in [1.82, 2.24) is 4.98 Å². The Labute approximate surface area is 116 Å². The Hall–Kier alpha value is -0.550. The lowest BCUT2D eigenvalue weighted by atomic mass is 10.1. The topological polar surface area (TPSA) is 39.2 Å². The highest BCUT2D eigenvalue weighted by molar-refractivity contribution is 7.99. The van der Waals surface area contributed by atoms with Crippen LogP contribution < -0.4 is 0 Å². The second kappa shape index (κ2) is 6.06. The van der Waals surface area contributed by atoms with Crippen molar-refractivity contribution in [3.63, 3.8) is 0 Å². The number of thioether (sulfide) groups is 1. The molecule has 1 aromatic rings. The van der Waals surface area contributed by atoms with Crippen LogP contribution in [0.25, 0.3) is 0 Å². The normalized spacial score (nSPS) is 18.1. The molecule has 5 heteroatoms. The van der Waals surface area contributed by atoms with Gasteiger partial charge in [0.15, 0.2) is 0 Å². The average molecular weight is 285 g/mol. The van der Waals surface area contributed by atoms with Crippen LogP contribution in [0.1, 0.15) is 48.7 Å². The fourth-order valence-electron chi connectivity index (χ4n) is 2.05. The van der Waals surface area contributed by atoms with Crippen LogP contribution in [0.4, 0.5) is 0 Å². The van der Waals surface area contributed by atoms with E-state index in [1.807, 2.05) is 18.7 Å². The fraction of sp³-hybridized carbons (Fsp3) is 0.692. The molecule has 1 aromatic heterocycles. The van der Waals surface area contributed by atoms with E-state index in [9.17, 15) is 4.79 Å². The van der Waals surface area contributed by atoms with Gasteiger partial charge in [0.05, 0.1) is 12.3 Å². The second-order valence-electron chi connectivity index (χ2n) is 4.62. The molecule has 2 rings (SSSR count). The van der Waals surface area contributed by atoms with E-state index in [2.05, 4.69) is 18.8 Å². The molecule has 0 aromatic carbocycles. The molecule has 1 atom stereocenters. The van der Waals surface area contributed by atoms with E-state index in [1.165, 1.54) is 4.88 Å². The number of aryl methyl sites for hydroxylation is 1. The number of nitrogens with zero attached hydrogens (tertiary/aromatic N) is 1. The highest BCUT2D eigenvalue weighted by Crippen LogP contribution is 2.38. The molecule has 1 heterocycles. The van der Waals surface area contributed by atoms with Gasteiger partial charge in [0.25, 0.3) is 0 Å². The molecule has 18 heavy (non-hydrogen) atoms. The number of carbonyl (C=O) groups excluding carboxylic acids is 1. The quantitative estimate of drug-likeness (QED) is 0.778. The second-order valence-corrected chi connectivity index (χ2v) is 7.35. The summed E-state index contributed by atoms with van der Waals surface area (Å²) >= 11 is 3.66. The molecule has 0 aliphatic heterocycles. The molecule has 0 bridgehead atoms. The van der Waals surface area contributed by atoms with Gasteiger partial charge in [-0.3, -0.25) is 4.79 Å². The fourth-order valence-corrected chi connectivity index (χ4v) is 3.97. The van der Waals surface area contributed by atoms with Crippen LogP contribution in [-0.4, -0.2) is 22.8 Å². The Balaban J connectivity index is 2.05. The highest BCUT2D eigenvalue weighted by atomic mass is 32.2. The number of aromatic nitrogens is 1. The van der Waals surface area contributed by atoms with Crippen molar-refractivity contribution in [3.05, 3.63) is 15.6 Å². The van der Waals surface area contributed by atoms with Crippen molar-refractivity contribution in [2.45, 2.75) is 50.5 Å². The summed E-state index contributed by atoms with van der Waals surface area (Å²) in [4.78, 5) is 17.7. The van der Waals surface area contributed by atoms with Gasteiger partial charge in [-0.05, 0) is 25.0 Å². The van der Waals surface area contributed by atoms with Gasteiger partial charge in [-0.2, -0.15) is 11.8 Å². The molecule has 1 unspecified atom stereocenters. The number of rotatable bonds is 5. The number of carbonyl (C=O) groups is 1. The summed E-state index contributed by atoms with van der Waals surface area (Å²) in [5, 5.41) is 1.76. The first kappa shape index (κ1) is 13.9. The smallest absolute Gasteiger partial charge is 0.315 e. The van der Waals surface area contributed by atoms with Crippen molar-refractivity contribution in [1.29, 1.82) is 0 Å². The van der Waals surface area contributed by atoms with Gasteiger partial charge in [-0.15, -0.1) is 11.3 Å². The van der Waals surface area contributed by atoms with Crippen LogP contribution in [0.15, 0.2) is 0 Å². The Kier molecular flexibility index (Phi) is 4.67. The predicted molar refractivity (Wildman–Crippen MR) is 76.2 cm³/mol. The van der Waals surface area contributed by atoms with E-state index >= 15 is 0 Å². The molecule has 0 fully saturated rings. The van der Waals surface area contributed by atoms with Crippen LogP contribution in [0.5, 0.6) is 0 Å². The zero-order valence-electron chi connectivity index (χ0n) is 11.1. The summed E-state index contributed by atoms with van der Waals surface area (Å²) in [6.45, 7) is 6.67. The Morgan fingerprint density at radius 3 is 3.06 bits per heavy atom. The SMILES string of the molecule is CCOC(=O)C1CCc2sc(CSC(C)C)nc21. The van der Waals surface area contributed by atoms with Crippen LogP contribution in [0, 0.1) is 0 Å². The molecule has 0 saturated carbocycles. The summed E-state index contributed by atoms with van der Waals surface area (Å²) in [6.07, 6.45) is 1.84. The Bertz CT molecular complexity index is 429. The first-order valence-electron chi connectivity index (χ1n) is 6.38. The van der Waals surface area contributed by atoms with Crippen molar-refractivity contribution < 1.29 is 9.53 Å². The number of esters is 1. The third kappa shape index (κ3) is 3.06. The number of thiazole rings is 1. The molecule has 0 amide bonds. The van der Waals surface area contributed by atoms with Gasteiger partial charge in [0, 0.05) is 10.6 Å². The lowest BCUT2D eigenvalue weighted by molar-refractivity contribution is -0.145. The van der Waals surface area contributed by atoms with Crippen LogP contribution >= 0.6 is 23.1 Å². The molecule has 1 aliphatic carbocycles. The monoisotopic (exact) mass is 285 g/mol. The lowest BCUT2D eigenvalue weighted by Gasteiger charge is -2.07. The van der Waals surface area contributed by atoms with Crippen molar-refractivity contribution in [3.8, 4) is 0 Å². The number of hydrogen-bond donors (Lipinski definition) is 0. The van der Waals surface area contributed by atoms with Gasteiger partial charge in [-0.25, -0.2) is 4.98 Å². The van der Waals surface area contributed by atoms with E-state index in [4.69, 9.17) is 4.74 Å². The maximum absolute atomic E-state index is 11.8. The third-order valence-corrected chi connectivity index (χ3v) is 5.29. The summed E-state index contributed by atoms with van der Waals surface area (Å²) in [5.41, 5.74) is 0.984. The molecular formula is C13H19NO2S2. The summed E-state index contributed by atoms with van der Waals surface area (Å²) in [7, 11) is 0. The predicted octanol–water partition coefficient (Wildman–Crippen LogP) is 3.38. The lowest BCUT2D eigenvalue weighted by Crippen LogP contribution is -2.14. The minimum atomic E-state index is -0.117. The molecular weight excluding hydrogens is 266 g/mol. The van der Waals surface area contributed by atoms with Crippen LogP contribution in [-0.2, 0) is 21.7 Å². The van der Waals surface area contributed by atoms with E-state index in [0.717, 1.165) is 29.3 Å². The number of fused-ring (bicyclic) bond motifs is 1. The standard InChI is InChI=1S/C13H19NO2S2/c1-4-16-13(15)9-5-6-10-12(9)14-11(18-10)7-17-8(2)3/h8-9H,4-7H2,1-3H3. The highest BCUT2D eigenvalue weighted by Gasteiger charge is 2.33. The van der Waals surface area contributed by atoms with E-state index in [1.54, 1.807) is 11.3 Å². The van der Waals surface area contributed by atoms with Gasteiger partial charge in [0.1, 0.15) is 10.9 Å². The molecule has 0 radical (unpaired) electrons. The van der Waals surface area contributed by atoms with Gasteiger partial charge in [0.2, 0.25) is 0 Å². The Morgan fingerprint density at radius 2 is 2.39 bits per heavy atom.